The minimum absolute atomic E-state index is 0.0808. The second-order valence-corrected chi connectivity index (χ2v) is 6.13. The van der Waals surface area contributed by atoms with Crippen LogP contribution in [0, 0.1) is 0 Å². The Kier molecular flexibility index (Phi) is 4.35. The molecule has 0 radical (unpaired) electrons. The fourth-order valence-electron chi connectivity index (χ4n) is 1.82. The molecule has 17 heavy (non-hydrogen) atoms. The molecule has 0 saturated heterocycles. The average molecular weight is 260 g/mol. The topological polar surface area (TPSA) is 62.5 Å². The number of hydrogen-bond acceptors (Lipinski definition) is 3. The summed E-state index contributed by atoms with van der Waals surface area (Å²) in [6, 6.07) is 1.43. The van der Waals surface area contributed by atoms with Gasteiger partial charge in [-0.1, -0.05) is 6.92 Å². The Labute approximate surface area is 103 Å². The number of aryl methyl sites for hydroxylation is 1. The van der Waals surface area contributed by atoms with Crippen molar-refractivity contribution in [2.24, 2.45) is 7.05 Å². The molecule has 0 spiro atoms. The van der Waals surface area contributed by atoms with Crippen molar-refractivity contribution in [1.29, 1.82) is 0 Å². The lowest BCUT2D eigenvalue weighted by Gasteiger charge is -2.23. The highest BCUT2D eigenvalue weighted by atomic mass is 32.2. The molecule has 1 heterocycles. The summed E-state index contributed by atoms with van der Waals surface area (Å²) in [5.74, 6) is 0. The van der Waals surface area contributed by atoms with Crippen LogP contribution in [-0.2, 0) is 23.7 Å². The van der Waals surface area contributed by atoms with E-state index < -0.39 is 10.0 Å². The van der Waals surface area contributed by atoms with E-state index in [1.807, 2.05) is 20.8 Å². The lowest BCUT2D eigenvalue weighted by atomic mass is 10.4. The highest BCUT2D eigenvalue weighted by molar-refractivity contribution is 7.89. The molecule has 6 heteroatoms. The van der Waals surface area contributed by atoms with Crippen LogP contribution in [0.25, 0.3) is 0 Å². The highest BCUT2D eigenvalue weighted by Gasteiger charge is 2.26. The Morgan fingerprint density at radius 1 is 1.47 bits per heavy atom. The Morgan fingerprint density at radius 2 is 2.06 bits per heavy atom. The van der Waals surface area contributed by atoms with Gasteiger partial charge in [-0.2, -0.15) is 4.31 Å². The van der Waals surface area contributed by atoms with Gasteiger partial charge in [0.2, 0.25) is 10.0 Å². The van der Waals surface area contributed by atoms with E-state index in [9.17, 15) is 8.42 Å². The zero-order valence-electron chi connectivity index (χ0n) is 10.7. The van der Waals surface area contributed by atoms with E-state index in [1.54, 1.807) is 11.6 Å². The maximum absolute atomic E-state index is 12.3. The summed E-state index contributed by atoms with van der Waals surface area (Å²) >= 11 is 0. The number of hydrogen-bond donors (Lipinski definition) is 1. The van der Waals surface area contributed by atoms with Crippen molar-refractivity contribution in [3.8, 4) is 0 Å². The monoisotopic (exact) mass is 260 g/mol. The molecule has 0 atom stereocenters. The summed E-state index contributed by atoms with van der Waals surface area (Å²) in [7, 11) is -1.74. The summed E-state index contributed by atoms with van der Waals surface area (Å²) in [5.41, 5.74) is 0.586. The zero-order chi connectivity index (χ0) is 13.2. The number of rotatable bonds is 5. The van der Waals surface area contributed by atoms with E-state index in [4.69, 9.17) is 5.11 Å². The van der Waals surface area contributed by atoms with Gasteiger partial charge in [0.25, 0.3) is 0 Å². The van der Waals surface area contributed by atoms with E-state index in [0.29, 0.717) is 12.2 Å². The van der Waals surface area contributed by atoms with E-state index in [0.717, 1.165) is 0 Å². The molecule has 0 aliphatic rings. The third-order valence-corrected chi connectivity index (χ3v) is 4.86. The molecular weight excluding hydrogens is 240 g/mol. The normalized spacial score (nSPS) is 12.6. The number of sulfonamides is 1. The van der Waals surface area contributed by atoms with Crippen LogP contribution in [0.15, 0.2) is 17.2 Å². The van der Waals surface area contributed by atoms with Crippen molar-refractivity contribution in [1.82, 2.24) is 8.87 Å². The van der Waals surface area contributed by atoms with Gasteiger partial charge in [-0.15, -0.1) is 0 Å². The van der Waals surface area contributed by atoms with Gasteiger partial charge in [0.15, 0.2) is 0 Å². The molecule has 1 N–H and O–H groups in total. The van der Waals surface area contributed by atoms with E-state index in [1.165, 1.54) is 16.6 Å². The first kappa shape index (κ1) is 14.2. The molecule has 5 nitrogen and oxygen atoms in total. The quantitative estimate of drug-likeness (QED) is 0.857. The summed E-state index contributed by atoms with van der Waals surface area (Å²) < 4.78 is 27.7. The molecule has 1 rings (SSSR count). The van der Waals surface area contributed by atoms with Crippen LogP contribution in [0.2, 0.25) is 0 Å². The third kappa shape index (κ3) is 2.70. The molecule has 1 aromatic heterocycles. The minimum Gasteiger partial charge on any atom is -0.390 e. The summed E-state index contributed by atoms with van der Waals surface area (Å²) in [4.78, 5) is 0.236. The SMILES string of the molecule is CCN(C(C)C)S(=O)(=O)c1cc(CO)n(C)c1. The summed E-state index contributed by atoms with van der Waals surface area (Å²) in [6.45, 7) is 5.77. The second kappa shape index (κ2) is 5.20. The standard InChI is InChI=1S/C11H20N2O3S/c1-5-13(9(2)3)17(15,16)11-6-10(8-14)12(4)7-11/h6-7,9,14H,5,8H2,1-4H3. The van der Waals surface area contributed by atoms with Gasteiger partial charge in [-0.3, -0.25) is 0 Å². The van der Waals surface area contributed by atoms with Crippen molar-refractivity contribution in [3.63, 3.8) is 0 Å². The van der Waals surface area contributed by atoms with Crippen LogP contribution in [0.3, 0.4) is 0 Å². The summed E-state index contributed by atoms with van der Waals surface area (Å²) in [5, 5.41) is 9.07. The van der Waals surface area contributed by atoms with Crippen LogP contribution in [0.5, 0.6) is 0 Å². The van der Waals surface area contributed by atoms with Gasteiger partial charge in [0, 0.05) is 31.5 Å². The molecule has 1 aromatic rings. The van der Waals surface area contributed by atoms with Crippen LogP contribution >= 0.6 is 0 Å². The van der Waals surface area contributed by atoms with Gasteiger partial charge in [-0.05, 0) is 19.9 Å². The molecular formula is C11H20N2O3S. The van der Waals surface area contributed by atoms with Crippen LogP contribution in [0.1, 0.15) is 26.5 Å². The molecule has 0 aliphatic heterocycles. The number of nitrogens with zero attached hydrogens (tertiary/aromatic N) is 2. The molecule has 0 amide bonds. The molecule has 0 fully saturated rings. The Balaban J connectivity index is 3.20. The summed E-state index contributed by atoms with van der Waals surface area (Å²) in [6.07, 6.45) is 1.53. The molecule has 0 aliphatic carbocycles. The fourth-order valence-corrected chi connectivity index (χ4v) is 3.57. The minimum atomic E-state index is -3.46. The average Bonchev–Trinajstić information content (AvgIpc) is 2.60. The van der Waals surface area contributed by atoms with Gasteiger partial charge >= 0.3 is 0 Å². The van der Waals surface area contributed by atoms with Crippen molar-refractivity contribution in [3.05, 3.63) is 18.0 Å². The van der Waals surface area contributed by atoms with Crippen LogP contribution in [-0.4, -0.2) is 35.0 Å². The van der Waals surface area contributed by atoms with Gasteiger partial charge in [0.05, 0.1) is 6.61 Å². The van der Waals surface area contributed by atoms with E-state index >= 15 is 0 Å². The molecule has 98 valence electrons. The predicted octanol–water partition coefficient (Wildman–Crippen LogP) is 0.936. The Hall–Kier alpha value is -0.850. The highest BCUT2D eigenvalue weighted by Crippen LogP contribution is 2.20. The molecule has 0 unspecified atom stereocenters. The zero-order valence-corrected chi connectivity index (χ0v) is 11.5. The smallest absolute Gasteiger partial charge is 0.244 e. The van der Waals surface area contributed by atoms with Gasteiger partial charge < -0.3 is 9.67 Å². The first-order valence-corrected chi connectivity index (χ1v) is 7.06. The second-order valence-electron chi connectivity index (χ2n) is 4.24. The lowest BCUT2D eigenvalue weighted by molar-refractivity contribution is 0.272. The molecule has 0 aromatic carbocycles. The maximum atomic E-state index is 12.3. The third-order valence-electron chi connectivity index (χ3n) is 2.74. The van der Waals surface area contributed by atoms with Crippen LogP contribution in [0.4, 0.5) is 0 Å². The van der Waals surface area contributed by atoms with Crippen molar-refractivity contribution in [2.75, 3.05) is 6.54 Å². The van der Waals surface area contributed by atoms with Gasteiger partial charge in [-0.25, -0.2) is 8.42 Å². The fraction of sp³-hybridized carbons (Fsp3) is 0.636. The van der Waals surface area contributed by atoms with Crippen LogP contribution < -0.4 is 0 Å². The predicted molar refractivity (Wildman–Crippen MR) is 66.0 cm³/mol. The molecule has 0 bridgehead atoms. The maximum Gasteiger partial charge on any atom is 0.244 e. The lowest BCUT2D eigenvalue weighted by Crippen LogP contribution is -2.36. The van der Waals surface area contributed by atoms with Crippen molar-refractivity contribution in [2.45, 2.75) is 38.3 Å². The van der Waals surface area contributed by atoms with Gasteiger partial charge in [0.1, 0.15) is 4.90 Å². The molecule has 0 saturated carbocycles. The largest absolute Gasteiger partial charge is 0.390 e. The first-order valence-electron chi connectivity index (χ1n) is 5.62. The van der Waals surface area contributed by atoms with E-state index in [-0.39, 0.29) is 17.5 Å². The first-order chi connectivity index (χ1) is 7.84. The number of aliphatic hydroxyl groups is 1. The Bertz CT molecular complexity index is 477. The van der Waals surface area contributed by atoms with E-state index in [2.05, 4.69) is 0 Å². The number of aromatic nitrogens is 1. The van der Waals surface area contributed by atoms with Crippen molar-refractivity contribution >= 4 is 10.0 Å². The number of aliphatic hydroxyl groups excluding tert-OH is 1. The Morgan fingerprint density at radius 3 is 2.41 bits per heavy atom. The van der Waals surface area contributed by atoms with Crippen molar-refractivity contribution < 1.29 is 13.5 Å².